The number of esters is 1. The molecular formula is C14H30O3Si. The van der Waals surface area contributed by atoms with Gasteiger partial charge < -0.3 is 9.16 Å². The average Bonchev–Trinajstić information content (AvgIpc) is 2.19. The molecule has 0 rings (SSSR count). The Morgan fingerprint density at radius 1 is 1.00 bits per heavy atom. The van der Waals surface area contributed by atoms with Gasteiger partial charge in [0.25, 0.3) is 0 Å². The number of ether oxygens (including phenoxy) is 1. The number of carbonyl (C=O) groups is 1. The predicted molar refractivity (Wildman–Crippen MR) is 78.3 cm³/mol. The molecule has 3 nitrogen and oxygen atoms in total. The molecule has 18 heavy (non-hydrogen) atoms. The highest BCUT2D eigenvalue weighted by atomic mass is 28.4. The van der Waals surface area contributed by atoms with Crippen molar-refractivity contribution in [1.82, 2.24) is 0 Å². The molecule has 0 heterocycles. The number of unbranched alkanes of at least 4 members (excludes halogenated alkanes) is 3. The van der Waals surface area contributed by atoms with Crippen molar-refractivity contribution >= 4 is 14.3 Å². The van der Waals surface area contributed by atoms with Crippen LogP contribution >= 0.6 is 0 Å². The molecule has 0 saturated carbocycles. The number of rotatable bonds is 8. The van der Waals surface area contributed by atoms with E-state index in [9.17, 15) is 4.79 Å². The molecule has 0 unspecified atom stereocenters. The molecule has 0 N–H and O–H groups in total. The molecule has 0 saturated heterocycles. The largest absolute Gasteiger partial charge is 0.466 e. The van der Waals surface area contributed by atoms with Crippen molar-refractivity contribution in [2.24, 2.45) is 0 Å². The minimum Gasteiger partial charge on any atom is -0.466 e. The molecule has 0 aromatic carbocycles. The van der Waals surface area contributed by atoms with Crippen LogP contribution in [0.2, 0.25) is 18.1 Å². The maximum Gasteiger partial charge on any atom is 0.302 e. The summed E-state index contributed by atoms with van der Waals surface area (Å²) in [5.41, 5.74) is 0. The van der Waals surface area contributed by atoms with Gasteiger partial charge in [-0.15, -0.1) is 0 Å². The minimum absolute atomic E-state index is 0.184. The monoisotopic (exact) mass is 274 g/mol. The summed E-state index contributed by atoms with van der Waals surface area (Å²) < 4.78 is 11.0. The molecule has 0 aromatic rings. The van der Waals surface area contributed by atoms with E-state index in [2.05, 4.69) is 33.9 Å². The standard InChI is InChI=1S/C14H30O3Si/c1-13(15)16-11-9-7-8-10-12-17-18(5,6)14(2,3)4/h7-12H2,1-6H3. The highest BCUT2D eigenvalue weighted by molar-refractivity contribution is 6.74. The molecule has 0 atom stereocenters. The molecule has 0 aliphatic carbocycles. The van der Waals surface area contributed by atoms with Gasteiger partial charge in [0, 0.05) is 13.5 Å². The fourth-order valence-electron chi connectivity index (χ4n) is 1.32. The van der Waals surface area contributed by atoms with Crippen LogP contribution in [0, 0.1) is 0 Å². The van der Waals surface area contributed by atoms with Crippen LogP contribution in [0.3, 0.4) is 0 Å². The van der Waals surface area contributed by atoms with Crippen LogP contribution in [0.5, 0.6) is 0 Å². The van der Waals surface area contributed by atoms with Crippen LogP contribution in [-0.4, -0.2) is 27.5 Å². The van der Waals surface area contributed by atoms with E-state index in [4.69, 9.17) is 9.16 Å². The van der Waals surface area contributed by atoms with Crippen LogP contribution in [0.25, 0.3) is 0 Å². The molecular weight excluding hydrogens is 244 g/mol. The molecule has 108 valence electrons. The van der Waals surface area contributed by atoms with Gasteiger partial charge in [0.05, 0.1) is 6.61 Å². The smallest absolute Gasteiger partial charge is 0.302 e. The van der Waals surface area contributed by atoms with Crippen molar-refractivity contribution in [3.05, 3.63) is 0 Å². The highest BCUT2D eigenvalue weighted by Crippen LogP contribution is 2.36. The van der Waals surface area contributed by atoms with Gasteiger partial charge in [-0.1, -0.05) is 27.2 Å². The van der Waals surface area contributed by atoms with Gasteiger partial charge in [0.1, 0.15) is 0 Å². The summed E-state index contributed by atoms with van der Waals surface area (Å²) in [5.74, 6) is -0.184. The number of carbonyl (C=O) groups excluding carboxylic acids is 1. The molecule has 4 heteroatoms. The van der Waals surface area contributed by atoms with E-state index < -0.39 is 8.32 Å². The first-order valence-electron chi connectivity index (χ1n) is 6.94. The first-order valence-corrected chi connectivity index (χ1v) is 9.85. The zero-order valence-corrected chi connectivity index (χ0v) is 14.0. The first-order chi connectivity index (χ1) is 8.17. The zero-order valence-electron chi connectivity index (χ0n) is 13.0. The maximum atomic E-state index is 10.5. The van der Waals surface area contributed by atoms with Gasteiger partial charge >= 0.3 is 5.97 Å². The Hall–Kier alpha value is -0.353. The topological polar surface area (TPSA) is 35.5 Å². The van der Waals surface area contributed by atoms with Crippen molar-refractivity contribution in [3.63, 3.8) is 0 Å². The second kappa shape index (κ2) is 7.95. The van der Waals surface area contributed by atoms with Crippen molar-refractivity contribution in [1.29, 1.82) is 0 Å². The molecule has 0 fully saturated rings. The zero-order chi connectivity index (χ0) is 14.2. The van der Waals surface area contributed by atoms with Crippen molar-refractivity contribution in [3.8, 4) is 0 Å². The van der Waals surface area contributed by atoms with E-state index in [1.54, 1.807) is 0 Å². The summed E-state index contributed by atoms with van der Waals surface area (Å²) >= 11 is 0. The lowest BCUT2D eigenvalue weighted by Gasteiger charge is -2.36. The molecule has 0 amide bonds. The molecule has 0 spiro atoms. The Kier molecular flexibility index (Phi) is 7.79. The molecule has 0 aliphatic rings. The summed E-state index contributed by atoms with van der Waals surface area (Å²) in [4.78, 5) is 10.5. The van der Waals surface area contributed by atoms with E-state index in [-0.39, 0.29) is 5.97 Å². The highest BCUT2D eigenvalue weighted by Gasteiger charge is 2.36. The summed E-state index contributed by atoms with van der Waals surface area (Å²) in [5, 5.41) is 0.294. The van der Waals surface area contributed by atoms with Crippen LogP contribution in [0.1, 0.15) is 53.4 Å². The van der Waals surface area contributed by atoms with E-state index in [1.807, 2.05) is 0 Å². The van der Waals surface area contributed by atoms with E-state index in [0.717, 1.165) is 32.3 Å². The lowest BCUT2D eigenvalue weighted by molar-refractivity contribution is -0.141. The van der Waals surface area contributed by atoms with E-state index >= 15 is 0 Å². The van der Waals surface area contributed by atoms with Gasteiger partial charge in [0.15, 0.2) is 8.32 Å². The minimum atomic E-state index is -1.56. The lowest BCUT2D eigenvalue weighted by Crippen LogP contribution is -2.40. The summed E-state index contributed by atoms with van der Waals surface area (Å²) in [6.07, 6.45) is 4.32. The predicted octanol–water partition coefficient (Wildman–Crippen LogP) is 4.13. The van der Waals surface area contributed by atoms with Gasteiger partial charge in [-0.3, -0.25) is 4.79 Å². The fraction of sp³-hybridized carbons (Fsp3) is 0.929. The quantitative estimate of drug-likeness (QED) is 0.379. The van der Waals surface area contributed by atoms with Gasteiger partial charge in [-0.2, -0.15) is 0 Å². The molecule has 0 aliphatic heterocycles. The van der Waals surface area contributed by atoms with Crippen molar-refractivity contribution in [2.75, 3.05) is 13.2 Å². The first kappa shape index (κ1) is 17.6. The second-order valence-electron chi connectivity index (χ2n) is 6.36. The van der Waals surface area contributed by atoms with Crippen LogP contribution < -0.4 is 0 Å². The molecule has 0 radical (unpaired) electrons. The van der Waals surface area contributed by atoms with Gasteiger partial charge in [-0.25, -0.2) is 0 Å². The summed E-state index contributed by atoms with van der Waals surface area (Å²) in [6.45, 7) is 14.2. The Morgan fingerprint density at radius 2 is 1.50 bits per heavy atom. The number of hydrogen-bond donors (Lipinski definition) is 0. The van der Waals surface area contributed by atoms with Crippen molar-refractivity contribution < 1.29 is 14.0 Å². The normalized spacial score (nSPS) is 12.6. The van der Waals surface area contributed by atoms with Crippen LogP contribution in [0.15, 0.2) is 0 Å². The van der Waals surface area contributed by atoms with Gasteiger partial charge in [-0.05, 0) is 37.4 Å². The third kappa shape index (κ3) is 7.87. The van der Waals surface area contributed by atoms with Crippen LogP contribution in [-0.2, 0) is 14.0 Å². The van der Waals surface area contributed by atoms with Gasteiger partial charge in [0.2, 0.25) is 0 Å². The van der Waals surface area contributed by atoms with E-state index in [1.165, 1.54) is 6.92 Å². The SMILES string of the molecule is CC(=O)OCCCCCCO[Si](C)(C)C(C)(C)C. The Bertz CT molecular complexity index is 244. The lowest BCUT2D eigenvalue weighted by atomic mass is 10.2. The number of hydrogen-bond acceptors (Lipinski definition) is 3. The Balaban J connectivity index is 3.49. The third-order valence-electron chi connectivity index (χ3n) is 3.61. The maximum absolute atomic E-state index is 10.5. The van der Waals surface area contributed by atoms with E-state index in [0.29, 0.717) is 11.6 Å². The average molecular weight is 274 g/mol. The van der Waals surface area contributed by atoms with Crippen LogP contribution in [0.4, 0.5) is 0 Å². The second-order valence-corrected chi connectivity index (χ2v) is 11.2. The fourth-order valence-corrected chi connectivity index (χ4v) is 2.41. The summed E-state index contributed by atoms with van der Waals surface area (Å²) in [6, 6.07) is 0. The Labute approximate surface area is 113 Å². The summed E-state index contributed by atoms with van der Waals surface area (Å²) in [7, 11) is -1.56. The Morgan fingerprint density at radius 3 is 1.94 bits per heavy atom. The molecule has 0 bridgehead atoms. The van der Waals surface area contributed by atoms with Crippen molar-refractivity contribution in [2.45, 2.75) is 71.5 Å². The third-order valence-corrected chi connectivity index (χ3v) is 8.15. The molecule has 0 aromatic heterocycles.